The molecule has 0 unspecified atom stereocenters. The molecule has 0 aromatic heterocycles. The molecule has 1 aliphatic carbocycles. The standard InChI is InChI=1S/C25H29NO4S/c1-25(2,3)22(27)15-30-24(29)19-12-6-7-14-21(19)31-16-23(28)26-20-13-8-10-17-9-4-5-11-18(17)20/h4-7,9,11-12,14,20H,8,10,13,15-16H2,1-3H3,(H,26,28)/t20-/m0/s1. The molecule has 0 heterocycles. The number of ether oxygens (including phenoxy) is 1. The van der Waals surface area contributed by atoms with Gasteiger partial charge in [0, 0.05) is 10.3 Å². The normalized spacial score (nSPS) is 15.6. The number of hydrogen-bond acceptors (Lipinski definition) is 5. The van der Waals surface area contributed by atoms with Crippen molar-refractivity contribution in [3.05, 3.63) is 65.2 Å². The molecule has 3 rings (SSSR count). The number of esters is 1. The third kappa shape index (κ3) is 6.20. The summed E-state index contributed by atoms with van der Waals surface area (Å²) in [5, 5.41) is 3.13. The molecule has 1 aliphatic rings. The molecule has 2 aromatic rings. The van der Waals surface area contributed by atoms with Crippen molar-refractivity contribution in [1.29, 1.82) is 0 Å². The Morgan fingerprint density at radius 3 is 2.55 bits per heavy atom. The highest BCUT2D eigenvalue weighted by atomic mass is 32.2. The minimum atomic E-state index is -0.565. The zero-order valence-electron chi connectivity index (χ0n) is 18.3. The average Bonchev–Trinajstić information content (AvgIpc) is 2.75. The molecule has 1 amide bonds. The third-order valence-electron chi connectivity index (χ3n) is 5.34. The van der Waals surface area contributed by atoms with E-state index in [0.717, 1.165) is 19.3 Å². The zero-order chi connectivity index (χ0) is 22.4. The van der Waals surface area contributed by atoms with Gasteiger partial charge in [-0.05, 0) is 42.5 Å². The number of amides is 1. The van der Waals surface area contributed by atoms with E-state index in [1.165, 1.54) is 22.9 Å². The first-order valence-electron chi connectivity index (χ1n) is 10.5. The lowest BCUT2D eigenvalue weighted by molar-refractivity contribution is -0.129. The first-order valence-corrected chi connectivity index (χ1v) is 11.5. The number of ketones is 1. The van der Waals surface area contributed by atoms with Crippen molar-refractivity contribution in [3.8, 4) is 0 Å². The minimum Gasteiger partial charge on any atom is -0.454 e. The number of fused-ring (bicyclic) bond motifs is 1. The molecule has 6 heteroatoms. The van der Waals surface area contributed by atoms with Gasteiger partial charge in [-0.2, -0.15) is 0 Å². The Morgan fingerprint density at radius 1 is 1.06 bits per heavy atom. The van der Waals surface area contributed by atoms with Gasteiger partial charge < -0.3 is 10.1 Å². The molecule has 0 saturated carbocycles. The van der Waals surface area contributed by atoms with Crippen molar-refractivity contribution < 1.29 is 19.1 Å². The molecule has 2 aromatic carbocycles. The van der Waals surface area contributed by atoms with Gasteiger partial charge in [0.05, 0.1) is 17.4 Å². The fourth-order valence-corrected chi connectivity index (χ4v) is 4.32. The van der Waals surface area contributed by atoms with Crippen molar-refractivity contribution >= 4 is 29.4 Å². The van der Waals surface area contributed by atoms with Crippen LogP contribution in [0.2, 0.25) is 0 Å². The van der Waals surface area contributed by atoms with Crippen LogP contribution in [-0.4, -0.2) is 30.0 Å². The fraction of sp³-hybridized carbons (Fsp3) is 0.400. The summed E-state index contributed by atoms with van der Waals surface area (Å²) in [5.74, 6) is -0.567. The molecule has 31 heavy (non-hydrogen) atoms. The highest BCUT2D eigenvalue weighted by Crippen LogP contribution is 2.30. The lowest BCUT2D eigenvalue weighted by Gasteiger charge is -2.26. The van der Waals surface area contributed by atoms with Gasteiger partial charge >= 0.3 is 5.97 Å². The van der Waals surface area contributed by atoms with Crippen molar-refractivity contribution in [1.82, 2.24) is 5.32 Å². The molecule has 164 valence electrons. The molecule has 0 aliphatic heterocycles. The van der Waals surface area contributed by atoms with Crippen LogP contribution in [0.15, 0.2) is 53.4 Å². The SMILES string of the molecule is CC(C)(C)C(=O)COC(=O)c1ccccc1SCC(=O)N[C@H]1CCCc2ccccc21. The van der Waals surface area contributed by atoms with Crippen LogP contribution < -0.4 is 5.32 Å². The molecule has 5 nitrogen and oxygen atoms in total. The van der Waals surface area contributed by atoms with Crippen LogP contribution in [0.3, 0.4) is 0 Å². The van der Waals surface area contributed by atoms with Crippen molar-refractivity contribution in [3.63, 3.8) is 0 Å². The summed E-state index contributed by atoms with van der Waals surface area (Å²) in [6.45, 7) is 5.10. The van der Waals surface area contributed by atoms with Gasteiger partial charge in [-0.15, -0.1) is 11.8 Å². The summed E-state index contributed by atoms with van der Waals surface area (Å²) in [6, 6.07) is 15.3. The average molecular weight is 440 g/mol. The monoisotopic (exact) mass is 439 g/mol. The quantitative estimate of drug-likeness (QED) is 0.498. The lowest BCUT2D eigenvalue weighted by atomic mass is 9.88. The van der Waals surface area contributed by atoms with E-state index in [1.54, 1.807) is 39.0 Å². The molecule has 0 radical (unpaired) electrons. The second kappa shape index (κ2) is 10.1. The third-order valence-corrected chi connectivity index (χ3v) is 6.41. The topological polar surface area (TPSA) is 72.5 Å². The Balaban J connectivity index is 1.58. The molecule has 1 N–H and O–H groups in total. The number of Topliss-reactive ketones (excluding diaryl/α,β-unsaturated/α-hetero) is 1. The second-order valence-corrected chi connectivity index (χ2v) is 9.76. The largest absolute Gasteiger partial charge is 0.454 e. The number of rotatable bonds is 7. The Kier molecular flexibility index (Phi) is 7.55. The van der Waals surface area contributed by atoms with E-state index in [9.17, 15) is 14.4 Å². The van der Waals surface area contributed by atoms with E-state index < -0.39 is 11.4 Å². The Morgan fingerprint density at radius 2 is 1.77 bits per heavy atom. The highest BCUT2D eigenvalue weighted by molar-refractivity contribution is 8.00. The molecule has 0 spiro atoms. The zero-order valence-corrected chi connectivity index (χ0v) is 19.1. The molecule has 0 saturated heterocycles. The van der Waals surface area contributed by atoms with Crippen LogP contribution in [0, 0.1) is 5.41 Å². The van der Waals surface area contributed by atoms with Crippen molar-refractivity contribution in [2.24, 2.45) is 5.41 Å². The Hall–Kier alpha value is -2.60. The summed E-state index contributed by atoms with van der Waals surface area (Å²) < 4.78 is 5.22. The highest BCUT2D eigenvalue weighted by Gasteiger charge is 2.24. The maximum atomic E-state index is 12.6. The number of nitrogens with one attached hydrogen (secondary N) is 1. The van der Waals surface area contributed by atoms with Crippen LogP contribution in [0.4, 0.5) is 0 Å². The van der Waals surface area contributed by atoms with E-state index in [4.69, 9.17) is 4.74 Å². The van der Waals surface area contributed by atoms with Gasteiger partial charge in [0.15, 0.2) is 12.4 Å². The maximum absolute atomic E-state index is 12.6. The number of benzene rings is 2. The minimum absolute atomic E-state index is 0.0293. The first-order chi connectivity index (χ1) is 14.8. The summed E-state index contributed by atoms with van der Waals surface area (Å²) >= 11 is 1.30. The van der Waals surface area contributed by atoms with Crippen molar-refractivity contribution in [2.75, 3.05) is 12.4 Å². The molecular formula is C25H29NO4S. The van der Waals surface area contributed by atoms with Crippen LogP contribution >= 0.6 is 11.8 Å². The predicted molar refractivity (Wildman–Crippen MR) is 122 cm³/mol. The van der Waals surface area contributed by atoms with E-state index in [-0.39, 0.29) is 30.1 Å². The van der Waals surface area contributed by atoms with Crippen LogP contribution in [0.25, 0.3) is 0 Å². The van der Waals surface area contributed by atoms with E-state index in [0.29, 0.717) is 10.5 Å². The summed E-state index contributed by atoms with van der Waals surface area (Å²) in [4.78, 5) is 37.8. The van der Waals surface area contributed by atoms with Crippen LogP contribution in [0.5, 0.6) is 0 Å². The maximum Gasteiger partial charge on any atom is 0.339 e. The summed E-state index contributed by atoms with van der Waals surface area (Å²) in [7, 11) is 0. The van der Waals surface area contributed by atoms with Gasteiger partial charge in [-0.25, -0.2) is 4.79 Å². The van der Waals surface area contributed by atoms with E-state index in [1.807, 2.05) is 18.2 Å². The lowest BCUT2D eigenvalue weighted by Crippen LogP contribution is -2.32. The van der Waals surface area contributed by atoms with Crippen LogP contribution in [-0.2, 0) is 20.7 Å². The van der Waals surface area contributed by atoms with Crippen molar-refractivity contribution in [2.45, 2.75) is 51.0 Å². The number of carbonyl (C=O) groups excluding carboxylic acids is 3. The van der Waals surface area contributed by atoms with Gasteiger partial charge in [0.2, 0.25) is 5.91 Å². The van der Waals surface area contributed by atoms with E-state index >= 15 is 0 Å². The van der Waals surface area contributed by atoms with Gasteiger partial charge in [-0.3, -0.25) is 9.59 Å². The first kappa shape index (κ1) is 23.1. The molecular weight excluding hydrogens is 410 g/mol. The van der Waals surface area contributed by atoms with Gasteiger partial charge in [0.25, 0.3) is 0 Å². The smallest absolute Gasteiger partial charge is 0.339 e. The van der Waals surface area contributed by atoms with Crippen LogP contribution in [0.1, 0.15) is 61.1 Å². The summed E-state index contributed by atoms with van der Waals surface area (Å²) in [5.41, 5.74) is 2.29. The van der Waals surface area contributed by atoms with Gasteiger partial charge in [-0.1, -0.05) is 57.2 Å². The number of thioether (sulfide) groups is 1. The number of hydrogen-bond donors (Lipinski definition) is 1. The Bertz CT molecular complexity index is 964. The Labute approximate surface area is 187 Å². The van der Waals surface area contributed by atoms with E-state index in [2.05, 4.69) is 17.4 Å². The summed E-state index contributed by atoms with van der Waals surface area (Å²) in [6.07, 6.45) is 3.03. The number of aryl methyl sites for hydroxylation is 1. The molecule has 1 atom stereocenters. The number of carbonyl (C=O) groups is 3. The molecule has 0 fully saturated rings. The fourth-order valence-electron chi connectivity index (χ4n) is 3.47. The predicted octanol–water partition coefficient (Wildman–Crippen LogP) is 4.74. The van der Waals surface area contributed by atoms with Gasteiger partial charge in [0.1, 0.15) is 0 Å². The molecule has 0 bridgehead atoms. The second-order valence-electron chi connectivity index (χ2n) is 8.75.